The Labute approximate surface area is 221 Å². The van der Waals surface area contributed by atoms with E-state index in [1.54, 1.807) is 17.0 Å². The van der Waals surface area contributed by atoms with Crippen molar-refractivity contribution in [2.45, 2.75) is 70.9 Å². The minimum absolute atomic E-state index is 0.0409. The van der Waals surface area contributed by atoms with Crippen LogP contribution < -0.4 is 10.1 Å². The Balaban J connectivity index is 1.60. The lowest BCUT2D eigenvalue weighted by molar-refractivity contribution is -0.122. The van der Waals surface area contributed by atoms with E-state index in [9.17, 15) is 14.7 Å². The van der Waals surface area contributed by atoms with Crippen LogP contribution in [0, 0.1) is 17.8 Å². The Morgan fingerprint density at radius 1 is 1.16 bits per heavy atom. The van der Waals surface area contributed by atoms with Crippen LogP contribution in [0.1, 0.15) is 69.2 Å². The number of carbonyl (C=O) groups excluding carboxylic acids is 2. The minimum Gasteiger partial charge on any atom is -0.486 e. The van der Waals surface area contributed by atoms with Crippen molar-refractivity contribution >= 4 is 17.5 Å². The van der Waals surface area contributed by atoms with Gasteiger partial charge >= 0.3 is 0 Å². The number of rotatable bonds is 8. The van der Waals surface area contributed by atoms with Gasteiger partial charge in [0.15, 0.2) is 5.75 Å². The highest BCUT2D eigenvalue weighted by Crippen LogP contribution is 2.36. The third-order valence-electron chi connectivity index (χ3n) is 8.33. The summed E-state index contributed by atoms with van der Waals surface area (Å²) >= 11 is 0. The number of nitrogens with zero attached hydrogens (tertiary/aromatic N) is 2. The van der Waals surface area contributed by atoms with Crippen LogP contribution in [-0.4, -0.2) is 85.4 Å². The number of likely N-dealkylation sites (N-methyl/N-ethyl adjacent to an activating group) is 1. The van der Waals surface area contributed by atoms with E-state index < -0.39 is 0 Å². The second kappa shape index (κ2) is 13.1. The smallest absolute Gasteiger partial charge is 0.258 e. The van der Waals surface area contributed by atoms with Crippen LogP contribution >= 0.6 is 0 Å². The Morgan fingerprint density at radius 3 is 2.59 bits per heavy atom. The summed E-state index contributed by atoms with van der Waals surface area (Å²) in [5.41, 5.74) is 0.963. The average molecular weight is 516 g/mol. The second-order valence-electron chi connectivity index (χ2n) is 11.4. The van der Waals surface area contributed by atoms with Gasteiger partial charge in [-0.1, -0.05) is 32.3 Å². The molecule has 2 N–H and O–H groups in total. The summed E-state index contributed by atoms with van der Waals surface area (Å²) in [5, 5.41) is 13.0. The van der Waals surface area contributed by atoms with E-state index >= 15 is 0 Å². The molecule has 0 spiro atoms. The molecular weight excluding hydrogens is 470 g/mol. The first-order valence-corrected chi connectivity index (χ1v) is 14.2. The average Bonchev–Trinajstić information content (AvgIpc) is 2.91. The van der Waals surface area contributed by atoms with Crippen LogP contribution in [0.15, 0.2) is 18.2 Å². The number of ether oxygens (including phenoxy) is 2. The number of fused-ring (bicyclic) bond motifs is 1. The highest BCUT2D eigenvalue weighted by molar-refractivity contribution is 6.02. The van der Waals surface area contributed by atoms with Gasteiger partial charge in [-0.25, -0.2) is 0 Å². The molecular formula is C29H45N3O5. The van der Waals surface area contributed by atoms with Gasteiger partial charge in [0.05, 0.1) is 23.9 Å². The summed E-state index contributed by atoms with van der Waals surface area (Å²) < 4.78 is 12.1. The molecule has 0 unspecified atom stereocenters. The summed E-state index contributed by atoms with van der Waals surface area (Å²) in [6, 6.07) is 5.05. The molecule has 4 rings (SSSR count). The largest absolute Gasteiger partial charge is 0.486 e. The molecule has 2 fully saturated rings. The van der Waals surface area contributed by atoms with Crippen molar-refractivity contribution in [3.63, 3.8) is 0 Å². The zero-order chi connectivity index (χ0) is 26.4. The van der Waals surface area contributed by atoms with Crippen molar-refractivity contribution in [2.24, 2.45) is 17.8 Å². The number of hydrogen-bond donors (Lipinski definition) is 2. The SMILES string of the molecule is C[C@H]1CN([C@@H](C)CO)C(=O)c2cccc(NC(=O)C3CCOCC3)c2O[C@@H]1CN(C)CC1CCCCC1. The van der Waals surface area contributed by atoms with Gasteiger partial charge in [0.1, 0.15) is 6.10 Å². The molecule has 1 aromatic carbocycles. The molecule has 1 saturated heterocycles. The van der Waals surface area contributed by atoms with Crippen LogP contribution in [-0.2, 0) is 9.53 Å². The molecule has 2 aliphatic heterocycles. The minimum atomic E-state index is -0.318. The van der Waals surface area contributed by atoms with E-state index in [-0.39, 0.29) is 42.4 Å². The lowest BCUT2D eigenvalue weighted by atomic mass is 9.89. The van der Waals surface area contributed by atoms with Gasteiger partial charge in [-0.15, -0.1) is 0 Å². The Bertz CT molecular complexity index is 913. The molecule has 0 bridgehead atoms. The van der Waals surface area contributed by atoms with E-state index in [4.69, 9.17) is 9.47 Å². The van der Waals surface area contributed by atoms with Crippen molar-refractivity contribution in [1.29, 1.82) is 0 Å². The maximum absolute atomic E-state index is 13.7. The molecule has 0 radical (unpaired) electrons. The van der Waals surface area contributed by atoms with E-state index in [0.717, 1.165) is 19.0 Å². The van der Waals surface area contributed by atoms with Crippen LogP contribution in [0.3, 0.4) is 0 Å². The van der Waals surface area contributed by atoms with E-state index in [1.165, 1.54) is 32.1 Å². The zero-order valence-electron chi connectivity index (χ0n) is 22.8. The molecule has 1 aromatic rings. The summed E-state index contributed by atoms with van der Waals surface area (Å²) in [6.07, 6.45) is 7.75. The quantitative estimate of drug-likeness (QED) is 0.548. The lowest BCUT2D eigenvalue weighted by Crippen LogP contribution is -2.50. The van der Waals surface area contributed by atoms with E-state index in [0.29, 0.717) is 49.6 Å². The first-order valence-electron chi connectivity index (χ1n) is 14.2. The maximum atomic E-state index is 13.7. The number of carbonyl (C=O) groups is 2. The molecule has 3 aliphatic rings. The van der Waals surface area contributed by atoms with Crippen LogP contribution in [0.25, 0.3) is 0 Å². The van der Waals surface area contributed by atoms with Crippen molar-refractivity contribution in [3.8, 4) is 5.75 Å². The third-order valence-corrected chi connectivity index (χ3v) is 8.33. The fourth-order valence-electron chi connectivity index (χ4n) is 5.95. The van der Waals surface area contributed by atoms with Gasteiger partial charge in [0.2, 0.25) is 5.91 Å². The molecule has 8 heteroatoms. The fraction of sp³-hybridized carbons (Fsp3) is 0.724. The van der Waals surface area contributed by atoms with Gasteiger partial charge in [-0.05, 0) is 57.7 Å². The fourth-order valence-corrected chi connectivity index (χ4v) is 5.95. The molecule has 206 valence electrons. The van der Waals surface area contributed by atoms with Crippen molar-refractivity contribution in [3.05, 3.63) is 23.8 Å². The first kappa shape index (κ1) is 27.9. The van der Waals surface area contributed by atoms with Gasteiger partial charge < -0.3 is 29.7 Å². The number of anilines is 1. The molecule has 0 aromatic heterocycles. The number of benzene rings is 1. The molecule has 8 nitrogen and oxygen atoms in total. The predicted octanol–water partition coefficient (Wildman–Crippen LogP) is 3.78. The molecule has 1 saturated carbocycles. The number of hydrogen-bond acceptors (Lipinski definition) is 6. The van der Waals surface area contributed by atoms with Crippen LogP contribution in [0.2, 0.25) is 0 Å². The topological polar surface area (TPSA) is 91.3 Å². The van der Waals surface area contributed by atoms with E-state index in [2.05, 4.69) is 24.2 Å². The monoisotopic (exact) mass is 515 g/mol. The number of amides is 2. The molecule has 2 amide bonds. The summed E-state index contributed by atoms with van der Waals surface area (Å²) in [6.45, 7) is 7.31. The maximum Gasteiger partial charge on any atom is 0.258 e. The first-order chi connectivity index (χ1) is 17.9. The predicted molar refractivity (Wildman–Crippen MR) is 144 cm³/mol. The van der Waals surface area contributed by atoms with Crippen LogP contribution in [0.5, 0.6) is 5.75 Å². The molecule has 3 atom stereocenters. The Kier molecular flexibility index (Phi) is 9.84. The highest BCUT2D eigenvalue weighted by atomic mass is 16.5. The van der Waals surface area contributed by atoms with E-state index in [1.807, 2.05) is 13.0 Å². The normalized spacial score (nSPS) is 24.7. The summed E-state index contributed by atoms with van der Waals surface area (Å²) in [4.78, 5) is 30.9. The standard InChI is InChI=1S/C29H45N3O5/c1-20-16-32(21(2)19-33)29(35)24-10-7-11-25(30-28(34)23-12-14-36-15-13-23)27(24)37-26(20)18-31(3)17-22-8-5-4-6-9-22/h7,10-11,20-23,26,33H,4-6,8-9,12-19H2,1-3H3,(H,30,34)/t20-,21-,26+/m0/s1. The zero-order valence-corrected chi connectivity index (χ0v) is 22.8. The molecule has 1 aliphatic carbocycles. The Morgan fingerprint density at radius 2 is 1.89 bits per heavy atom. The number of para-hydroxylation sites is 1. The summed E-state index contributed by atoms with van der Waals surface area (Å²) in [5.74, 6) is 0.839. The van der Waals surface area contributed by atoms with Crippen molar-refractivity contribution < 1.29 is 24.2 Å². The van der Waals surface area contributed by atoms with Gasteiger partial charge in [0.25, 0.3) is 5.91 Å². The van der Waals surface area contributed by atoms with Gasteiger partial charge in [-0.2, -0.15) is 0 Å². The third kappa shape index (κ3) is 7.03. The number of aliphatic hydroxyl groups is 1. The van der Waals surface area contributed by atoms with Crippen molar-refractivity contribution in [2.75, 3.05) is 51.8 Å². The van der Waals surface area contributed by atoms with Crippen LogP contribution in [0.4, 0.5) is 5.69 Å². The van der Waals surface area contributed by atoms with Gasteiger partial charge in [0, 0.05) is 44.7 Å². The second-order valence-corrected chi connectivity index (χ2v) is 11.4. The Hall–Kier alpha value is -2.16. The lowest BCUT2D eigenvalue weighted by Gasteiger charge is -2.39. The highest BCUT2D eigenvalue weighted by Gasteiger charge is 2.35. The molecule has 2 heterocycles. The number of nitrogens with one attached hydrogen (secondary N) is 1. The van der Waals surface area contributed by atoms with Crippen molar-refractivity contribution in [1.82, 2.24) is 9.80 Å². The molecule has 37 heavy (non-hydrogen) atoms. The van der Waals surface area contributed by atoms with Gasteiger partial charge in [-0.3, -0.25) is 9.59 Å². The number of aliphatic hydroxyl groups excluding tert-OH is 1. The summed E-state index contributed by atoms with van der Waals surface area (Å²) in [7, 11) is 2.16.